The summed E-state index contributed by atoms with van der Waals surface area (Å²) in [5, 5.41) is 17.1. The van der Waals surface area contributed by atoms with Gasteiger partial charge in [-0.2, -0.15) is 0 Å². The van der Waals surface area contributed by atoms with Crippen LogP contribution in [0.15, 0.2) is 59.3 Å². The third-order valence-corrected chi connectivity index (χ3v) is 4.98. The Balaban J connectivity index is 1.76. The van der Waals surface area contributed by atoms with Crippen LogP contribution in [0.5, 0.6) is 5.75 Å². The van der Waals surface area contributed by atoms with Gasteiger partial charge in [-0.15, -0.1) is 22.7 Å². The molecule has 2 nitrogen and oxygen atoms in total. The summed E-state index contributed by atoms with van der Waals surface area (Å²) in [5.41, 5.74) is 1.17. The fraction of sp³-hybridized carbons (Fsp3) is 0.125. The second-order valence-corrected chi connectivity index (χ2v) is 6.47. The zero-order chi connectivity index (χ0) is 13.8. The Bertz CT molecular complexity index is 595. The van der Waals surface area contributed by atoms with E-state index in [0.717, 1.165) is 6.54 Å². The van der Waals surface area contributed by atoms with Crippen LogP contribution in [0.2, 0.25) is 0 Å². The van der Waals surface area contributed by atoms with Gasteiger partial charge in [0.05, 0.1) is 6.04 Å². The summed E-state index contributed by atoms with van der Waals surface area (Å²) in [5.74, 6) is 0.307. The molecule has 0 bridgehead atoms. The number of phenolic OH excluding ortho intramolecular Hbond substituents is 1. The van der Waals surface area contributed by atoms with Crippen molar-refractivity contribution in [2.45, 2.75) is 12.6 Å². The van der Waals surface area contributed by atoms with Gasteiger partial charge in [0.15, 0.2) is 0 Å². The quantitative estimate of drug-likeness (QED) is 0.732. The number of hydrogen-bond donors (Lipinski definition) is 2. The molecule has 2 aromatic heterocycles. The number of nitrogens with one attached hydrogen (secondary N) is 1. The van der Waals surface area contributed by atoms with Gasteiger partial charge in [-0.25, -0.2) is 0 Å². The van der Waals surface area contributed by atoms with E-state index < -0.39 is 0 Å². The van der Waals surface area contributed by atoms with Crippen molar-refractivity contribution in [2.75, 3.05) is 0 Å². The SMILES string of the molecule is Oc1ccc(CNC(c2cccs2)c2cccs2)cc1. The molecule has 3 rings (SSSR count). The molecule has 3 aromatic rings. The third-order valence-electron chi connectivity index (χ3n) is 3.10. The van der Waals surface area contributed by atoms with E-state index in [-0.39, 0.29) is 6.04 Å². The molecule has 0 amide bonds. The molecule has 0 aliphatic carbocycles. The van der Waals surface area contributed by atoms with Crippen molar-refractivity contribution in [3.63, 3.8) is 0 Å². The van der Waals surface area contributed by atoms with Crippen LogP contribution in [0, 0.1) is 0 Å². The highest BCUT2D eigenvalue weighted by molar-refractivity contribution is 7.11. The average molecular weight is 301 g/mol. The normalized spacial score (nSPS) is 11.1. The number of aromatic hydroxyl groups is 1. The van der Waals surface area contributed by atoms with E-state index in [1.54, 1.807) is 34.8 Å². The molecule has 0 unspecified atom stereocenters. The molecular weight excluding hydrogens is 286 g/mol. The maximum Gasteiger partial charge on any atom is 0.115 e. The number of hydrogen-bond acceptors (Lipinski definition) is 4. The van der Waals surface area contributed by atoms with Crippen LogP contribution in [0.4, 0.5) is 0 Å². The van der Waals surface area contributed by atoms with Gasteiger partial charge in [0.1, 0.15) is 5.75 Å². The molecule has 20 heavy (non-hydrogen) atoms. The van der Waals surface area contributed by atoms with Gasteiger partial charge < -0.3 is 10.4 Å². The van der Waals surface area contributed by atoms with Gasteiger partial charge in [-0.3, -0.25) is 0 Å². The highest BCUT2D eigenvalue weighted by Crippen LogP contribution is 2.29. The summed E-state index contributed by atoms with van der Waals surface area (Å²) < 4.78 is 0. The number of thiophene rings is 2. The maximum absolute atomic E-state index is 9.32. The fourth-order valence-electron chi connectivity index (χ4n) is 2.09. The Hall–Kier alpha value is -1.62. The van der Waals surface area contributed by atoms with E-state index in [1.807, 2.05) is 12.1 Å². The van der Waals surface area contributed by atoms with Gasteiger partial charge in [0, 0.05) is 16.3 Å². The monoisotopic (exact) mass is 301 g/mol. The molecular formula is C16H15NOS2. The number of benzene rings is 1. The third kappa shape index (κ3) is 3.10. The first-order chi connectivity index (χ1) is 9.83. The highest BCUT2D eigenvalue weighted by atomic mass is 32.1. The maximum atomic E-state index is 9.32. The van der Waals surface area contributed by atoms with Gasteiger partial charge in [0.2, 0.25) is 0 Å². The standard InChI is InChI=1S/C16H15NOS2/c18-13-7-5-12(6-8-13)11-17-16(14-3-1-9-19-14)15-4-2-10-20-15/h1-10,16-18H,11H2. The lowest BCUT2D eigenvalue weighted by molar-refractivity contribution is 0.475. The van der Waals surface area contributed by atoms with E-state index in [1.165, 1.54) is 15.3 Å². The summed E-state index contributed by atoms with van der Waals surface area (Å²) in [6.45, 7) is 0.779. The molecule has 0 saturated carbocycles. The predicted octanol–water partition coefficient (Wildman–Crippen LogP) is 4.39. The van der Waals surface area contributed by atoms with Crippen molar-refractivity contribution in [3.05, 3.63) is 74.6 Å². The zero-order valence-corrected chi connectivity index (χ0v) is 12.5. The van der Waals surface area contributed by atoms with Gasteiger partial charge >= 0.3 is 0 Å². The first-order valence-corrected chi connectivity index (χ1v) is 8.17. The Kier molecular flexibility index (Phi) is 4.16. The molecule has 1 aromatic carbocycles. The average Bonchev–Trinajstić information content (AvgIpc) is 3.14. The van der Waals surface area contributed by atoms with Crippen molar-refractivity contribution in [2.24, 2.45) is 0 Å². The van der Waals surface area contributed by atoms with Gasteiger partial charge in [-0.1, -0.05) is 24.3 Å². The first-order valence-electron chi connectivity index (χ1n) is 6.41. The van der Waals surface area contributed by atoms with Crippen LogP contribution in [-0.4, -0.2) is 5.11 Å². The second-order valence-electron chi connectivity index (χ2n) is 4.51. The highest BCUT2D eigenvalue weighted by Gasteiger charge is 2.15. The lowest BCUT2D eigenvalue weighted by atomic mass is 10.1. The molecule has 0 spiro atoms. The van der Waals surface area contributed by atoms with E-state index in [0.29, 0.717) is 5.75 Å². The van der Waals surface area contributed by atoms with Crippen molar-refractivity contribution < 1.29 is 5.11 Å². The zero-order valence-electron chi connectivity index (χ0n) is 10.8. The summed E-state index contributed by atoms with van der Waals surface area (Å²) in [6.07, 6.45) is 0. The number of phenols is 1. The lowest BCUT2D eigenvalue weighted by Crippen LogP contribution is -2.20. The van der Waals surface area contributed by atoms with E-state index in [4.69, 9.17) is 0 Å². The molecule has 2 N–H and O–H groups in total. The number of rotatable bonds is 5. The predicted molar refractivity (Wildman–Crippen MR) is 85.4 cm³/mol. The van der Waals surface area contributed by atoms with Crippen LogP contribution in [0.25, 0.3) is 0 Å². The van der Waals surface area contributed by atoms with E-state index in [9.17, 15) is 5.11 Å². The first kappa shape index (κ1) is 13.4. The molecule has 0 atom stereocenters. The topological polar surface area (TPSA) is 32.3 Å². The smallest absolute Gasteiger partial charge is 0.115 e. The Morgan fingerprint density at radius 1 is 0.900 bits per heavy atom. The summed E-state index contributed by atoms with van der Waals surface area (Å²) in [7, 11) is 0. The van der Waals surface area contributed by atoms with Gasteiger partial charge in [-0.05, 0) is 40.6 Å². The molecule has 0 radical (unpaired) electrons. The minimum atomic E-state index is 0.240. The molecule has 102 valence electrons. The molecule has 0 aliphatic rings. The molecule has 2 heterocycles. The minimum Gasteiger partial charge on any atom is -0.508 e. The van der Waals surface area contributed by atoms with Crippen LogP contribution in [0.1, 0.15) is 21.4 Å². The molecule has 0 fully saturated rings. The van der Waals surface area contributed by atoms with E-state index in [2.05, 4.69) is 40.3 Å². The summed E-state index contributed by atoms with van der Waals surface area (Å²) in [4.78, 5) is 2.65. The lowest BCUT2D eigenvalue weighted by Gasteiger charge is -2.16. The van der Waals surface area contributed by atoms with Crippen molar-refractivity contribution in [1.82, 2.24) is 5.32 Å². The van der Waals surface area contributed by atoms with Crippen molar-refractivity contribution in [3.8, 4) is 5.75 Å². The summed E-state index contributed by atoms with van der Waals surface area (Å²) >= 11 is 3.54. The van der Waals surface area contributed by atoms with Gasteiger partial charge in [0.25, 0.3) is 0 Å². The largest absolute Gasteiger partial charge is 0.508 e. The van der Waals surface area contributed by atoms with E-state index >= 15 is 0 Å². The second kappa shape index (κ2) is 6.22. The fourth-order valence-corrected chi connectivity index (χ4v) is 3.80. The summed E-state index contributed by atoms with van der Waals surface area (Å²) in [6, 6.07) is 16.1. The Labute approximate surface area is 126 Å². The Morgan fingerprint density at radius 3 is 2.00 bits per heavy atom. The van der Waals surface area contributed by atoms with Crippen LogP contribution < -0.4 is 5.32 Å². The molecule has 4 heteroatoms. The van der Waals surface area contributed by atoms with Crippen molar-refractivity contribution >= 4 is 22.7 Å². The Morgan fingerprint density at radius 2 is 1.50 bits per heavy atom. The molecule has 0 aliphatic heterocycles. The molecule has 0 saturated heterocycles. The van der Waals surface area contributed by atoms with Crippen molar-refractivity contribution in [1.29, 1.82) is 0 Å². The van der Waals surface area contributed by atoms with Crippen LogP contribution in [-0.2, 0) is 6.54 Å². The minimum absolute atomic E-state index is 0.240. The van der Waals surface area contributed by atoms with Crippen LogP contribution >= 0.6 is 22.7 Å². The van der Waals surface area contributed by atoms with Crippen LogP contribution in [0.3, 0.4) is 0 Å².